The summed E-state index contributed by atoms with van der Waals surface area (Å²) in [6, 6.07) is 23.3. The van der Waals surface area contributed by atoms with Crippen LogP contribution in [0, 0.1) is 15.5 Å². The lowest BCUT2D eigenvalue weighted by molar-refractivity contribution is -0.384. The number of sulfonamides is 1. The third-order valence-corrected chi connectivity index (χ3v) is 16.2. The number of carbonyl (C=O) groups is 1. The van der Waals surface area contributed by atoms with E-state index in [0.717, 1.165) is 49.0 Å². The first-order valence-electron chi connectivity index (χ1n) is 23.5. The van der Waals surface area contributed by atoms with E-state index in [1.54, 1.807) is 17.2 Å². The molecular formula is C49H56N8O8S. The van der Waals surface area contributed by atoms with Gasteiger partial charge in [0, 0.05) is 61.6 Å². The molecule has 17 heteroatoms. The van der Waals surface area contributed by atoms with Crippen molar-refractivity contribution in [3.63, 3.8) is 0 Å². The lowest BCUT2D eigenvalue weighted by Gasteiger charge is -2.56. The maximum Gasteiger partial charge on any atom is 0.293 e. The molecule has 6 aliphatic rings. The van der Waals surface area contributed by atoms with Crippen LogP contribution in [0.15, 0.2) is 83.9 Å². The fraction of sp³-hybridized carbons (Fsp3) is 0.469. The third-order valence-electron chi connectivity index (χ3n) is 14.8. The number of likely N-dealkylation sites (tertiary alicyclic amines) is 1. The highest BCUT2D eigenvalue weighted by Crippen LogP contribution is 2.55. The van der Waals surface area contributed by atoms with Crippen LogP contribution in [0.1, 0.15) is 91.2 Å². The highest BCUT2D eigenvalue weighted by atomic mass is 32.2. The Morgan fingerprint density at radius 2 is 1.74 bits per heavy atom. The molecule has 3 saturated heterocycles. The van der Waals surface area contributed by atoms with E-state index in [1.165, 1.54) is 57.2 Å². The predicted octanol–water partition coefficient (Wildman–Crippen LogP) is 7.80. The molecule has 2 atom stereocenters. The zero-order valence-corrected chi connectivity index (χ0v) is 37.8. The average molecular weight is 917 g/mol. The van der Waals surface area contributed by atoms with Gasteiger partial charge in [0.05, 0.1) is 53.6 Å². The molecule has 2 aliphatic carbocycles. The van der Waals surface area contributed by atoms with Crippen LogP contribution in [-0.4, -0.2) is 105 Å². The summed E-state index contributed by atoms with van der Waals surface area (Å²) in [5.74, 6) is 0.288. The van der Waals surface area contributed by atoms with Crippen molar-refractivity contribution in [2.24, 2.45) is 5.41 Å². The van der Waals surface area contributed by atoms with E-state index in [-0.39, 0.29) is 23.9 Å². The number of pyridine rings is 1. The van der Waals surface area contributed by atoms with Crippen molar-refractivity contribution >= 4 is 55.4 Å². The van der Waals surface area contributed by atoms with Crippen molar-refractivity contribution in [3.05, 3.63) is 106 Å². The van der Waals surface area contributed by atoms with Gasteiger partial charge in [-0.05, 0) is 129 Å². The van der Waals surface area contributed by atoms with Crippen LogP contribution in [0.2, 0.25) is 0 Å². The second-order valence-electron chi connectivity index (χ2n) is 19.0. The number of nitrogens with zero attached hydrogens (tertiary/aromatic N) is 5. The molecular weight excluding hydrogens is 861 g/mol. The Balaban J connectivity index is 0.839. The summed E-state index contributed by atoms with van der Waals surface area (Å²) >= 11 is 0. The number of fused-ring (bicyclic) bond motifs is 2. The van der Waals surface area contributed by atoms with E-state index in [2.05, 4.69) is 49.1 Å². The topological polar surface area (TPSA) is 185 Å². The molecule has 0 radical (unpaired) electrons. The minimum absolute atomic E-state index is 0.121. The first-order valence-corrected chi connectivity index (χ1v) is 25.0. The van der Waals surface area contributed by atoms with Crippen molar-refractivity contribution < 1.29 is 32.3 Å². The molecule has 346 valence electrons. The number of amides is 1. The normalized spacial score (nSPS) is 22.4. The number of hydrogen-bond donors (Lipinski definition) is 3. The quantitative estimate of drug-likeness (QED) is 0.0815. The zero-order chi connectivity index (χ0) is 45.0. The van der Waals surface area contributed by atoms with Crippen molar-refractivity contribution in [1.29, 1.82) is 0 Å². The molecule has 0 bridgehead atoms. The summed E-state index contributed by atoms with van der Waals surface area (Å²) in [4.78, 5) is 40.6. The molecule has 2 aromatic heterocycles. The number of H-pyrrole nitrogens is 1. The molecule has 4 aliphatic heterocycles. The van der Waals surface area contributed by atoms with E-state index in [1.807, 2.05) is 35.4 Å². The van der Waals surface area contributed by atoms with Gasteiger partial charge in [0.15, 0.2) is 0 Å². The predicted molar refractivity (Wildman–Crippen MR) is 250 cm³/mol. The summed E-state index contributed by atoms with van der Waals surface area (Å²) in [5, 5.41) is 16.0. The summed E-state index contributed by atoms with van der Waals surface area (Å²) in [6.45, 7) is 5.25. The van der Waals surface area contributed by atoms with E-state index >= 15 is 0 Å². The molecule has 16 nitrogen and oxygen atoms in total. The Morgan fingerprint density at radius 3 is 2.53 bits per heavy atom. The number of ether oxygens (including phenoxy) is 3. The molecule has 1 spiro atoms. The molecule has 3 aromatic carbocycles. The molecule has 5 fully saturated rings. The van der Waals surface area contributed by atoms with Crippen LogP contribution < -0.4 is 24.6 Å². The second kappa shape index (κ2) is 17.5. The number of carbonyl (C=O) groups excluding carboxylic acids is 1. The van der Waals surface area contributed by atoms with Gasteiger partial charge in [-0.3, -0.25) is 19.8 Å². The third kappa shape index (κ3) is 8.35. The van der Waals surface area contributed by atoms with E-state index in [9.17, 15) is 23.3 Å². The van der Waals surface area contributed by atoms with Crippen LogP contribution in [0.4, 0.5) is 28.4 Å². The highest BCUT2D eigenvalue weighted by Gasteiger charge is 2.50. The van der Waals surface area contributed by atoms with Gasteiger partial charge in [-0.1, -0.05) is 24.3 Å². The van der Waals surface area contributed by atoms with Crippen molar-refractivity contribution in [2.45, 2.75) is 86.8 Å². The average Bonchev–Trinajstić information content (AvgIpc) is 3.95. The van der Waals surface area contributed by atoms with Gasteiger partial charge >= 0.3 is 0 Å². The van der Waals surface area contributed by atoms with Crippen LogP contribution in [0.25, 0.3) is 11.0 Å². The molecule has 11 rings (SSSR count). The summed E-state index contributed by atoms with van der Waals surface area (Å²) < 4.78 is 47.3. The van der Waals surface area contributed by atoms with Gasteiger partial charge in [0.1, 0.15) is 17.0 Å². The maximum absolute atomic E-state index is 14.4. The Morgan fingerprint density at radius 1 is 0.909 bits per heavy atom. The largest absolute Gasteiger partial charge is 0.476 e. The zero-order valence-electron chi connectivity index (χ0n) is 37.0. The minimum atomic E-state index is -4.58. The Kier molecular flexibility index (Phi) is 11.3. The number of aromatic amines is 1. The lowest BCUT2D eigenvalue weighted by atomic mass is 9.59. The van der Waals surface area contributed by atoms with Crippen molar-refractivity contribution in [1.82, 2.24) is 19.6 Å². The number of nitro benzene ring substituents is 1. The van der Waals surface area contributed by atoms with Gasteiger partial charge < -0.3 is 34.3 Å². The standard InChI is InChI=1S/C49H56N8O8S/c58-47(53-66(61,62)37-11-13-41(44(27-37)57(59)60)51-30-36-31-63-23-24-64-36)40-12-10-34(26-43(40)56-19-4-22-65-48-45(56)25-33-14-17-50-46(33)52-48)54-20-15-49(16-21-54)28-35(29-49)55-18-3-7-42(55)39-6-2-1-5-38(39)32-8-9-32/h1-2,5-6,10-14,17,25-27,32,35-36,42,51H,3-4,7-9,15-16,18-24,28-31H2,(H,50,52)(H,53,58)/t36-,42?/m0/s1. The second-order valence-corrected chi connectivity index (χ2v) is 20.6. The monoisotopic (exact) mass is 916 g/mol. The summed E-state index contributed by atoms with van der Waals surface area (Å²) in [5.41, 5.74) is 6.05. The number of aromatic nitrogens is 2. The van der Waals surface area contributed by atoms with Gasteiger partial charge in [-0.2, -0.15) is 4.98 Å². The van der Waals surface area contributed by atoms with Crippen LogP contribution in [0.3, 0.4) is 0 Å². The highest BCUT2D eigenvalue weighted by molar-refractivity contribution is 7.90. The van der Waals surface area contributed by atoms with Gasteiger partial charge in [-0.25, -0.2) is 13.1 Å². The molecule has 6 heterocycles. The number of hydrogen-bond acceptors (Lipinski definition) is 13. The number of piperidine rings is 1. The smallest absolute Gasteiger partial charge is 0.293 e. The van der Waals surface area contributed by atoms with Crippen LogP contribution in [0.5, 0.6) is 5.88 Å². The molecule has 5 aromatic rings. The molecule has 1 amide bonds. The van der Waals surface area contributed by atoms with Gasteiger partial charge in [0.2, 0.25) is 5.88 Å². The fourth-order valence-corrected chi connectivity index (χ4v) is 12.2. The number of rotatable bonds is 12. The molecule has 66 heavy (non-hydrogen) atoms. The van der Waals surface area contributed by atoms with Gasteiger partial charge in [-0.15, -0.1) is 0 Å². The van der Waals surface area contributed by atoms with Gasteiger partial charge in [0.25, 0.3) is 21.6 Å². The fourth-order valence-electron chi connectivity index (χ4n) is 11.2. The Hall–Kier alpha value is -5.75. The van der Waals surface area contributed by atoms with E-state index in [4.69, 9.17) is 19.2 Å². The SMILES string of the molecule is O=C(NS(=O)(=O)c1ccc(NC[C@H]2COCCO2)c([N+](=O)[O-])c1)c1ccc(N2CCC3(CC2)CC(N2CCCC2c2ccccc2C2CC2)C3)cc1N1CCCOc2nc3[nH]ccc3cc21. The number of benzene rings is 3. The van der Waals surface area contributed by atoms with Crippen LogP contribution >= 0.6 is 0 Å². The molecule has 2 saturated carbocycles. The minimum Gasteiger partial charge on any atom is -0.476 e. The Bertz CT molecular complexity index is 2760. The number of nitrogens with one attached hydrogen (secondary N) is 3. The maximum atomic E-state index is 14.4. The van der Waals surface area contributed by atoms with E-state index in [0.29, 0.717) is 79.8 Å². The Labute approximate surface area is 384 Å². The lowest BCUT2D eigenvalue weighted by Crippen LogP contribution is -2.55. The van der Waals surface area contributed by atoms with Crippen molar-refractivity contribution in [3.8, 4) is 5.88 Å². The molecule has 1 unspecified atom stereocenters. The first kappa shape index (κ1) is 42.9. The first-order chi connectivity index (χ1) is 32.1. The van der Waals surface area contributed by atoms with Crippen LogP contribution in [-0.2, 0) is 19.5 Å². The van der Waals surface area contributed by atoms with Crippen molar-refractivity contribution in [2.75, 3.05) is 74.3 Å². The number of anilines is 4. The number of nitro groups is 1. The summed E-state index contributed by atoms with van der Waals surface area (Å²) in [7, 11) is -4.58. The summed E-state index contributed by atoms with van der Waals surface area (Å²) in [6.07, 6.45) is 11.8. The molecule has 3 N–H and O–H groups in total. The van der Waals surface area contributed by atoms with E-state index < -0.39 is 31.4 Å².